The van der Waals surface area contributed by atoms with Crippen molar-refractivity contribution in [3.05, 3.63) is 48.7 Å². The molecule has 1 aromatic rings. The molecule has 0 fully saturated rings. The molecule has 0 aromatic heterocycles. The summed E-state index contributed by atoms with van der Waals surface area (Å²) in [6.45, 7) is 3.60. The minimum atomic E-state index is -1.13. The largest absolute Gasteiger partial charge is 0.545 e. The number of carboxylic acid groups (broad SMARTS) is 1. The monoisotopic (exact) mass is 207 g/mol. The third kappa shape index (κ3) is 7.46. The van der Waals surface area contributed by atoms with E-state index in [0.717, 1.165) is 4.48 Å². The smallest absolute Gasteiger partial charge is 0.0879 e. The van der Waals surface area contributed by atoms with Crippen LogP contribution in [0.1, 0.15) is 10.4 Å². The number of hydrogen-bond acceptors (Lipinski definition) is 2. The molecule has 0 bridgehead atoms. The second-order valence-electron chi connectivity index (χ2n) is 3.95. The van der Waals surface area contributed by atoms with E-state index >= 15 is 0 Å². The van der Waals surface area contributed by atoms with Crippen LogP contribution >= 0.6 is 0 Å². The highest BCUT2D eigenvalue weighted by Gasteiger charge is 1.94. The van der Waals surface area contributed by atoms with E-state index < -0.39 is 5.97 Å². The van der Waals surface area contributed by atoms with Crippen LogP contribution in [0.2, 0.25) is 0 Å². The Morgan fingerprint density at radius 1 is 1.27 bits per heavy atom. The molecule has 1 rings (SSSR count). The second kappa shape index (κ2) is 5.98. The molecule has 0 heterocycles. The van der Waals surface area contributed by atoms with Crippen molar-refractivity contribution in [3.63, 3.8) is 0 Å². The van der Waals surface area contributed by atoms with Gasteiger partial charge in [0.25, 0.3) is 0 Å². The minimum absolute atomic E-state index is 0.220. The molecule has 0 unspecified atom stereocenters. The van der Waals surface area contributed by atoms with Crippen LogP contribution in [0.5, 0.6) is 0 Å². The van der Waals surface area contributed by atoms with E-state index in [1.165, 1.54) is 12.1 Å². The number of carbonyl (C=O) groups excluding carboxylic acids is 1. The molecule has 3 heteroatoms. The molecule has 82 valence electrons. The number of hydrogen-bond donors (Lipinski definition) is 0. The van der Waals surface area contributed by atoms with Gasteiger partial charge in [0.1, 0.15) is 0 Å². The molecule has 3 nitrogen and oxygen atoms in total. The van der Waals surface area contributed by atoms with Crippen LogP contribution in [-0.2, 0) is 0 Å². The lowest BCUT2D eigenvalue weighted by Crippen LogP contribution is -2.25. The second-order valence-corrected chi connectivity index (χ2v) is 3.95. The fourth-order valence-electron chi connectivity index (χ4n) is 0.574. The summed E-state index contributed by atoms with van der Waals surface area (Å²) in [5.74, 6) is -1.13. The van der Waals surface area contributed by atoms with Gasteiger partial charge in [-0.3, -0.25) is 0 Å². The van der Waals surface area contributed by atoms with Gasteiger partial charge in [0.15, 0.2) is 0 Å². The van der Waals surface area contributed by atoms with Crippen molar-refractivity contribution in [2.24, 2.45) is 0 Å². The Labute approximate surface area is 90.9 Å². The van der Waals surface area contributed by atoms with Gasteiger partial charge in [-0.25, -0.2) is 0 Å². The third-order valence-corrected chi connectivity index (χ3v) is 1.56. The Bertz CT molecular complexity index is 312. The van der Waals surface area contributed by atoms with Crippen molar-refractivity contribution in [2.45, 2.75) is 0 Å². The van der Waals surface area contributed by atoms with Crippen molar-refractivity contribution in [3.8, 4) is 0 Å². The topological polar surface area (TPSA) is 40.1 Å². The number of carbonyl (C=O) groups is 1. The van der Waals surface area contributed by atoms with E-state index in [0.29, 0.717) is 0 Å². The standard InChI is InChI=1S/C7H6O2.C5H12N/c8-7(9)6-4-2-1-3-5-6;1-5-6(2,3)4/h1-5H,(H,8,9);5H,1H2,2-4H3/q;+1/p-1. The van der Waals surface area contributed by atoms with Gasteiger partial charge in [-0.15, -0.1) is 0 Å². The Morgan fingerprint density at radius 2 is 1.67 bits per heavy atom. The van der Waals surface area contributed by atoms with Crippen molar-refractivity contribution < 1.29 is 14.4 Å². The van der Waals surface area contributed by atoms with Gasteiger partial charge in [-0.1, -0.05) is 30.3 Å². The first-order valence-electron chi connectivity index (χ1n) is 4.58. The fraction of sp³-hybridized carbons (Fsp3) is 0.250. The lowest BCUT2D eigenvalue weighted by molar-refractivity contribution is -0.816. The Morgan fingerprint density at radius 3 is 1.87 bits per heavy atom. The highest BCUT2D eigenvalue weighted by Crippen LogP contribution is 1.94. The number of aromatic carboxylic acids is 1. The summed E-state index contributed by atoms with van der Waals surface area (Å²) in [7, 11) is 6.19. The Balaban J connectivity index is 0.000000288. The fourth-order valence-corrected chi connectivity index (χ4v) is 0.574. The van der Waals surface area contributed by atoms with Gasteiger partial charge in [-0.05, 0) is 12.1 Å². The van der Waals surface area contributed by atoms with E-state index in [1.807, 2.05) is 6.20 Å². The molecule has 0 amide bonds. The minimum Gasteiger partial charge on any atom is -0.545 e. The molecule has 0 atom stereocenters. The SMILES string of the molecule is C=C[N+](C)(C)C.O=C([O-])c1ccccc1. The molecule has 0 aliphatic carbocycles. The molecule has 1 aromatic carbocycles. The van der Waals surface area contributed by atoms with Crippen LogP contribution in [0.25, 0.3) is 0 Å². The zero-order valence-electron chi connectivity index (χ0n) is 9.43. The van der Waals surface area contributed by atoms with Crippen LogP contribution in [0.15, 0.2) is 43.1 Å². The molecular formula is C12H17NO2. The average Bonchev–Trinajstić information content (AvgIpc) is 2.19. The average molecular weight is 207 g/mol. The first-order chi connectivity index (χ1) is 6.87. The van der Waals surface area contributed by atoms with Gasteiger partial charge in [0, 0.05) is 0 Å². The van der Waals surface area contributed by atoms with E-state index in [1.54, 1.807) is 18.2 Å². The molecule has 0 N–H and O–H groups in total. The molecule has 0 saturated carbocycles. The van der Waals surface area contributed by atoms with E-state index in [9.17, 15) is 9.90 Å². The molecule has 0 saturated heterocycles. The van der Waals surface area contributed by atoms with Gasteiger partial charge >= 0.3 is 0 Å². The van der Waals surface area contributed by atoms with Crippen molar-refractivity contribution in [2.75, 3.05) is 21.1 Å². The Hall–Kier alpha value is -1.61. The molecule has 0 radical (unpaired) electrons. The van der Waals surface area contributed by atoms with Crippen LogP contribution < -0.4 is 5.11 Å². The van der Waals surface area contributed by atoms with Crippen LogP contribution in [0, 0.1) is 0 Å². The summed E-state index contributed by atoms with van der Waals surface area (Å²) in [4.78, 5) is 10.1. The summed E-state index contributed by atoms with van der Waals surface area (Å²) < 4.78 is 0.833. The maximum absolute atomic E-state index is 10.1. The number of rotatable bonds is 2. The predicted octanol–water partition coefficient (Wildman–Crippen LogP) is 0.886. The van der Waals surface area contributed by atoms with Crippen molar-refractivity contribution in [1.82, 2.24) is 0 Å². The maximum Gasteiger partial charge on any atom is 0.0879 e. The van der Waals surface area contributed by atoms with Gasteiger partial charge in [0.2, 0.25) is 0 Å². The highest BCUT2D eigenvalue weighted by atomic mass is 16.4. The van der Waals surface area contributed by atoms with E-state index in [4.69, 9.17) is 0 Å². The maximum atomic E-state index is 10.1. The quantitative estimate of drug-likeness (QED) is 0.676. The third-order valence-electron chi connectivity index (χ3n) is 1.56. The highest BCUT2D eigenvalue weighted by molar-refractivity contribution is 5.85. The summed E-state index contributed by atoms with van der Waals surface area (Å²) >= 11 is 0. The number of benzene rings is 1. The first-order valence-corrected chi connectivity index (χ1v) is 4.58. The zero-order valence-corrected chi connectivity index (χ0v) is 9.43. The normalized spacial score (nSPS) is 9.80. The van der Waals surface area contributed by atoms with E-state index in [2.05, 4.69) is 27.7 Å². The molecule has 0 aliphatic rings. The van der Waals surface area contributed by atoms with Gasteiger partial charge < -0.3 is 14.4 Å². The van der Waals surface area contributed by atoms with E-state index in [-0.39, 0.29) is 5.56 Å². The van der Waals surface area contributed by atoms with Crippen LogP contribution in [0.3, 0.4) is 0 Å². The molecule has 0 spiro atoms. The molecule has 15 heavy (non-hydrogen) atoms. The van der Waals surface area contributed by atoms with Crippen LogP contribution in [-0.4, -0.2) is 31.6 Å². The number of nitrogens with zero attached hydrogens (tertiary/aromatic N) is 1. The number of carboxylic acids is 1. The molecule has 0 aliphatic heterocycles. The lowest BCUT2D eigenvalue weighted by atomic mass is 10.2. The molecular weight excluding hydrogens is 190 g/mol. The zero-order chi connectivity index (χ0) is 11.9. The summed E-state index contributed by atoms with van der Waals surface area (Å²) in [6, 6.07) is 8.06. The first kappa shape index (κ1) is 13.4. The lowest BCUT2D eigenvalue weighted by Gasteiger charge is -2.15. The van der Waals surface area contributed by atoms with Gasteiger partial charge in [-0.2, -0.15) is 0 Å². The van der Waals surface area contributed by atoms with Crippen LogP contribution in [0.4, 0.5) is 0 Å². The summed E-state index contributed by atoms with van der Waals surface area (Å²) in [5.41, 5.74) is 0.220. The Kier molecular flexibility index (Phi) is 5.34. The number of quaternary nitrogens is 1. The predicted molar refractivity (Wildman–Crippen MR) is 59.0 cm³/mol. The van der Waals surface area contributed by atoms with Gasteiger partial charge in [0.05, 0.1) is 33.3 Å². The van der Waals surface area contributed by atoms with Crippen molar-refractivity contribution in [1.29, 1.82) is 0 Å². The summed E-state index contributed by atoms with van der Waals surface area (Å²) in [6.07, 6.45) is 1.88. The summed E-state index contributed by atoms with van der Waals surface area (Å²) in [5, 5.41) is 10.1. The van der Waals surface area contributed by atoms with Crippen molar-refractivity contribution >= 4 is 5.97 Å².